The number of aromatic amines is 1. The number of rotatable bonds is 1. The molecule has 102 valence electrons. The average Bonchev–Trinajstić information content (AvgIpc) is 3.04. The molecule has 3 aromatic rings. The number of likely N-dealkylation sites (tertiary alicyclic amines) is 1. The van der Waals surface area contributed by atoms with Gasteiger partial charge >= 0.3 is 0 Å². The molecule has 0 bridgehead atoms. The number of benzene rings is 1. The number of hydrogen-bond donors (Lipinski definition) is 1. The summed E-state index contributed by atoms with van der Waals surface area (Å²) in [7, 11) is 2.22. The molecule has 4 rings (SSSR count). The fourth-order valence-electron chi connectivity index (χ4n) is 3.56. The molecule has 0 amide bonds. The summed E-state index contributed by atoms with van der Waals surface area (Å²) in [5, 5.41) is 2.69. The lowest BCUT2D eigenvalue weighted by atomic mass is 10.00. The molecule has 1 N–H and O–H groups in total. The van der Waals surface area contributed by atoms with Gasteiger partial charge in [0.2, 0.25) is 0 Å². The number of para-hydroxylation sites is 1. The van der Waals surface area contributed by atoms with Gasteiger partial charge in [0, 0.05) is 28.5 Å². The minimum Gasteiger partial charge on any atom is -0.353 e. The molecule has 1 aromatic carbocycles. The van der Waals surface area contributed by atoms with E-state index in [0.717, 1.165) is 5.69 Å². The van der Waals surface area contributed by atoms with Crippen molar-refractivity contribution in [3.8, 4) is 0 Å². The number of aromatic nitrogens is 2. The number of nitrogens with zero attached hydrogens (tertiary/aromatic N) is 2. The van der Waals surface area contributed by atoms with Crippen LogP contribution in [0.15, 0.2) is 30.5 Å². The predicted octanol–water partition coefficient (Wildman–Crippen LogP) is 3.79. The number of fused-ring (bicyclic) bond motifs is 3. The van der Waals surface area contributed by atoms with Crippen LogP contribution in [-0.2, 0) is 0 Å². The van der Waals surface area contributed by atoms with Gasteiger partial charge in [-0.05, 0) is 45.0 Å². The van der Waals surface area contributed by atoms with E-state index >= 15 is 0 Å². The lowest BCUT2D eigenvalue weighted by molar-refractivity contribution is 0.318. The van der Waals surface area contributed by atoms with E-state index in [1.165, 1.54) is 46.8 Å². The largest absolute Gasteiger partial charge is 0.353 e. The molecule has 1 saturated heterocycles. The van der Waals surface area contributed by atoms with Gasteiger partial charge in [-0.25, -0.2) is 0 Å². The van der Waals surface area contributed by atoms with Crippen molar-refractivity contribution in [2.75, 3.05) is 13.6 Å². The van der Waals surface area contributed by atoms with Crippen molar-refractivity contribution in [2.45, 2.75) is 25.8 Å². The van der Waals surface area contributed by atoms with Crippen LogP contribution in [0.25, 0.3) is 21.8 Å². The summed E-state index contributed by atoms with van der Waals surface area (Å²) in [5.41, 5.74) is 4.87. The van der Waals surface area contributed by atoms with Crippen LogP contribution in [0.5, 0.6) is 0 Å². The highest BCUT2D eigenvalue weighted by Crippen LogP contribution is 2.38. The molecule has 2 aromatic heterocycles. The molecule has 0 unspecified atom stereocenters. The van der Waals surface area contributed by atoms with E-state index in [-0.39, 0.29) is 0 Å². The summed E-state index contributed by atoms with van der Waals surface area (Å²) in [6.45, 7) is 3.27. The Balaban J connectivity index is 2.08. The third-order valence-corrected chi connectivity index (χ3v) is 4.63. The van der Waals surface area contributed by atoms with Crippen molar-refractivity contribution in [3.05, 3.63) is 41.7 Å². The van der Waals surface area contributed by atoms with Crippen LogP contribution < -0.4 is 0 Å². The Morgan fingerprint density at radius 3 is 2.95 bits per heavy atom. The van der Waals surface area contributed by atoms with E-state index in [4.69, 9.17) is 0 Å². The van der Waals surface area contributed by atoms with Crippen LogP contribution >= 0.6 is 0 Å². The van der Waals surface area contributed by atoms with E-state index in [1.807, 2.05) is 0 Å². The van der Waals surface area contributed by atoms with Gasteiger partial charge in [-0.1, -0.05) is 18.2 Å². The predicted molar refractivity (Wildman–Crippen MR) is 82.9 cm³/mol. The second kappa shape index (κ2) is 4.32. The van der Waals surface area contributed by atoms with Crippen molar-refractivity contribution in [3.63, 3.8) is 0 Å². The highest BCUT2D eigenvalue weighted by Gasteiger charge is 2.26. The first-order valence-corrected chi connectivity index (χ1v) is 7.32. The Morgan fingerprint density at radius 2 is 2.15 bits per heavy atom. The van der Waals surface area contributed by atoms with Crippen LogP contribution in [-0.4, -0.2) is 28.5 Å². The van der Waals surface area contributed by atoms with Gasteiger partial charge in [0.05, 0.1) is 11.2 Å². The molecule has 20 heavy (non-hydrogen) atoms. The van der Waals surface area contributed by atoms with Gasteiger partial charge in [-0.3, -0.25) is 9.88 Å². The van der Waals surface area contributed by atoms with Gasteiger partial charge in [-0.2, -0.15) is 0 Å². The normalized spacial score (nSPS) is 20.2. The zero-order chi connectivity index (χ0) is 13.7. The molecule has 0 saturated carbocycles. The highest BCUT2D eigenvalue weighted by atomic mass is 15.1. The zero-order valence-electron chi connectivity index (χ0n) is 12.0. The van der Waals surface area contributed by atoms with Crippen LogP contribution in [0.4, 0.5) is 0 Å². The first kappa shape index (κ1) is 11.9. The molecular weight excluding hydrogens is 246 g/mol. The molecule has 3 heteroatoms. The van der Waals surface area contributed by atoms with Crippen LogP contribution in [0.1, 0.15) is 30.1 Å². The SMILES string of the molecule is Cc1ncc([C@H]2CCCN2C)c2c1[nH]c1ccccc12. The first-order chi connectivity index (χ1) is 9.75. The summed E-state index contributed by atoms with van der Waals surface area (Å²) < 4.78 is 0. The molecule has 1 atom stereocenters. The van der Waals surface area contributed by atoms with E-state index in [1.54, 1.807) is 0 Å². The summed E-state index contributed by atoms with van der Waals surface area (Å²) >= 11 is 0. The third-order valence-electron chi connectivity index (χ3n) is 4.63. The molecule has 1 aliphatic rings. The minimum atomic E-state index is 0.504. The molecule has 3 heterocycles. The van der Waals surface area contributed by atoms with E-state index in [2.05, 4.69) is 59.3 Å². The number of nitrogens with one attached hydrogen (secondary N) is 1. The number of H-pyrrole nitrogens is 1. The Kier molecular flexibility index (Phi) is 2.57. The Hall–Kier alpha value is -1.87. The second-order valence-electron chi connectivity index (χ2n) is 5.86. The highest BCUT2D eigenvalue weighted by molar-refractivity contribution is 6.09. The third kappa shape index (κ3) is 1.59. The van der Waals surface area contributed by atoms with Crippen molar-refractivity contribution in [2.24, 2.45) is 0 Å². The van der Waals surface area contributed by atoms with Crippen molar-refractivity contribution >= 4 is 21.8 Å². The standard InChI is InChI=1S/C17H19N3/c1-11-17-16(12-6-3-4-7-14(12)19-17)13(10-18-11)15-8-5-9-20(15)2/h3-4,6-7,10,15,19H,5,8-9H2,1-2H3/t15-/m1/s1. The number of hydrogen-bond acceptors (Lipinski definition) is 2. The van der Waals surface area contributed by atoms with Gasteiger partial charge in [0.1, 0.15) is 0 Å². The maximum atomic E-state index is 4.62. The lowest BCUT2D eigenvalue weighted by Crippen LogP contribution is -2.17. The van der Waals surface area contributed by atoms with E-state index < -0.39 is 0 Å². The molecule has 0 aliphatic carbocycles. The minimum absolute atomic E-state index is 0.504. The summed E-state index contributed by atoms with van der Waals surface area (Å²) in [6, 6.07) is 9.07. The van der Waals surface area contributed by atoms with Crippen molar-refractivity contribution in [1.29, 1.82) is 0 Å². The Labute approximate surface area is 118 Å². The molecular formula is C17H19N3. The van der Waals surface area contributed by atoms with Gasteiger partial charge in [0.15, 0.2) is 0 Å². The maximum Gasteiger partial charge on any atom is 0.0684 e. The van der Waals surface area contributed by atoms with Gasteiger partial charge in [-0.15, -0.1) is 0 Å². The van der Waals surface area contributed by atoms with Gasteiger partial charge in [0.25, 0.3) is 0 Å². The quantitative estimate of drug-likeness (QED) is 0.726. The summed E-state index contributed by atoms with van der Waals surface area (Å²) in [6.07, 6.45) is 4.60. The van der Waals surface area contributed by atoms with Crippen molar-refractivity contribution in [1.82, 2.24) is 14.9 Å². The van der Waals surface area contributed by atoms with Crippen LogP contribution in [0.2, 0.25) is 0 Å². The smallest absolute Gasteiger partial charge is 0.0684 e. The van der Waals surface area contributed by atoms with E-state index in [9.17, 15) is 0 Å². The Morgan fingerprint density at radius 1 is 1.30 bits per heavy atom. The van der Waals surface area contributed by atoms with E-state index in [0.29, 0.717) is 6.04 Å². The summed E-state index contributed by atoms with van der Waals surface area (Å²) in [4.78, 5) is 10.6. The maximum absolute atomic E-state index is 4.62. The fraction of sp³-hybridized carbons (Fsp3) is 0.353. The second-order valence-corrected chi connectivity index (χ2v) is 5.86. The average molecular weight is 265 g/mol. The topological polar surface area (TPSA) is 31.9 Å². The van der Waals surface area contributed by atoms with Gasteiger partial charge < -0.3 is 4.98 Å². The van der Waals surface area contributed by atoms with Crippen LogP contribution in [0.3, 0.4) is 0 Å². The van der Waals surface area contributed by atoms with Crippen molar-refractivity contribution < 1.29 is 0 Å². The monoisotopic (exact) mass is 265 g/mol. The molecule has 3 nitrogen and oxygen atoms in total. The first-order valence-electron chi connectivity index (χ1n) is 7.32. The molecule has 1 fully saturated rings. The Bertz CT molecular complexity index is 787. The molecule has 1 aliphatic heterocycles. The zero-order valence-corrected chi connectivity index (χ0v) is 12.0. The lowest BCUT2D eigenvalue weighted by Gasteiger charge is -2.20. The van der Waals surface area contributed by atoms with Crippen LogP contribution in [0, 0.1) is 6.92 Å². The number of aryl methyl sites for hydroxylation is 1. The molecule has 0 spiro atoms. The number of pyridine rings is 1. The fourth-order valence-corrected chi connectivity index (χ4v) is 3.56. The molecule has 0 radical (unpaired) electrons. The summed E-state index contributed by atoms with van der Waals surface area (Å²) in [5.74, 6) is 0.